The van der Waals surface area contributed by atoms with Gasteiger partial charge in [-0.05, 0) is 49.2 Å². The maximum atomic E-state index is 12.1. The van der Waals surface area contributed by atoms with Crippen molar-refractivity contribution in [3.05, 3.63) is 78.0 Å². The van der Waals surface area contributed by atoms with E-state index in [1.807, 2.05) is 24.3 Å². The van der Waals surface area contributed by atoms with Crippen molar-refractivity contribution in [1.82, 2.24) is 9.88 Å². The van der Waals surface area contributed by atoms with Gasteiger partial charge in [0.05, 0.1) is 24.5 Å². The fourth-order valence-corrected chi connectivity index (χ4v) is 4.97. The van der Waals surface area contributed by atoms with E-state index in [-0.39, 0.29) is 0 Å². The SMILES string of the molecule is NC(=O)c1cnc(Nc2ccc(N3CCOCC3)cc2)cc1NCC1CCCN1Cc1ccccc1. The predicted octanol–water partition coefficient (Wildman–Crippen LogP) is 3.84. The molecule has 8 heteroatoms. The van der Waals surface area contributed by atoms with Gasteiger partial charge in [-0.1, -0.05) is 30.3 Å². The lowest BCUT2D eigenvalue weighted by molar-refractivity contribution is 0.100. The number of benzene rings is 2. The Morgan fingerprint density at radius 2 is 1.83 bits per heavy atom. The van der Waals surface area contributed by atoms with E-state index in [4.69, 9.17) is 10.5 Å². The molecule has 0 bridgehead atoms. The minimum Gasteiger partial charge on any atom is -0.383 e. The Hall–Kier alpha value is -3.62. The second-order valence-corrected chi connectivity index (χ2v) is 9.38. The van der Waals surface area contributed by atoms with Crippen LogP contribution >= 0.6 is 0 Å². The van der Waals surface area contributed by atoms with Gasteiger partial charge in [-0.25, -0.2) is 4.98 Å². The number of anilines is 4. The molecule has 1 unspecified atom stereocenters. The number of nitrogens with two attached hydrogens (primary N) is 1. The molecule has 2 aliphatic heterocycles. The summed E-state index contributed by atoms with van der Waals surface area (Å²) in [5.74, 6) is 0.174. The standard InChI is InChI=1S/C28H34N6O2/c29-28(35)25-19-31-27(32-22-8-10-23(11-9-22)33-13-15-36-16-14-33)17-26(25)30-18-24-7-4-12-34(24)20-21-5-2-1-3-6-21/h1-3,5-6,8-11,17,19,24H,4,7,12-16,18,20H2,(H2,29,35)(H2,30,31,32). The van der Waals surface area contributed by atoms with Crippen LogP contribution in [0.3, 0.4) is 0 Å². The number of hydrogen-bond donors (Lipinski definition) is 3. The predicted molar refractivity (Wildman–Crippen MR) is 144 cm³/mol. The number of nitrogens with one attached hydrogen (secondary N) is 2. The van der Waals surface area contributed by atoms with E-state index in [0.717, 1.165) is 58.0 Å². The van der Waals surface area contributed by atoms with Gasteiger partial charge in [0, 0.05) is 55.9 Å². The van der Waals surface area contributed by atoms with Crippen molar-refractivity contribution in [2.45, 2.75) is 25.4 Å². The molecular weight excluding hydrogens is 452 g/mol. The van der Waals surface area contributed by atoms with Crippen LogP contribution in [0.2, 0.25) is 0 Å². The van der Waals surface area contributed by atoms with E-state index >= 15 is 0 Å². The number of rotatable bonds is 9. The molecule has 0 radical (unpaired) electrons. The highest BCUT2D eigenvalue weighted by molar-refractivity contribution is 5.98. The van der Waals surface area contributed by atoms with Crippen LogP contribution in [0.15, 0.2) is 66.9 Å². The molecular formula is C28H34N6O2. The molecule has 36 heavy (non-hydrogen) atoms. The van der Waals surface area contributed by atoms with Crippen molar-refractivity contribution in [1.29, 1.82) is 0 Å². The van der Waals surface area contributed by atoms with Gasteiger partial charge in [-0.15, -0.1) is 0 Å². The zero-order chi connectivity index (χ0) is 24.7. The molecule has 1 amide bonds. The van der Waals surface area contributed by atoms with Crippen LogP contribution in [-0.2, 0) is 11.3 Å². The second kappa shape index (κ2) is 11.4. The highest BCUT2D eigenvalue weighted by Crippen LogP contribution is 2.26. The van der Waals surface area contributed by atoms with Crippen LogP contribution < -0.4 is 21.3 Å². The molecule has 0 saturated carbocycles. The topological polar surface area (TPSA) is 95.8 Å². The monoisotopic (exact) mass is 486 g/mol. The summed E-state index contributed by atoms with van der Waals surface area (Å²) in [6, 6.07) is 21.1. The number of carbonyl (C=O) groups is 1. The Kier molecular flexibility index (Phi) is 7.64. The van der Waals surface area contributed by atoms with Gasteiger partial charge in [0.2, 0.25) is 0 Å². The van der Waals surface area contributed by atoms with Crippen LogP contribution in [0.5, 0.6) is 0 Å². The molecule has 0 aliphatic carbocycles. The molecule has 1 atom stereocenters. The molecule has 2 aromatic carbocycles. The molecule has 2 saturated heterocycles. The Labute approximate surface area is 212 Å². The lowest BCUT2D eigenvalue weighted by atomic mass is 10.1. The van der Waals surface area contributed by atoms with E-state index in [0.29, 0.717) is 23.1 Å². The highest BCUT2D eigenvalue weighted by atomic mass is 16.5. The van der Waals surface area contributed by atoms with Gasteiger partial charge in [-0.2, -0.15) is 0 Å². The van der Waals surface area contributed by atoms with Crippen LogP contribution in [0.4, 0.5) is 22.9 Å². The molecule has 3 aromatic rings. The summed E-state index contributed by atoms with van der Waals surface area (Å²) in [4.78, 5) is 21.3. The maximum absolute atomic E-state index is 12.1. The van der Waals surface area contributed by atoms with Crippen molar-refractivity contribution in [3.8, 4) is 0 Å². The van der Waals surface area contributed by atoms with E-state index in [2.05, 4.69) is 61.8 Å². The zero-order valence-corrected chi connectivity index (χ0v) is 20.5. The third kappa shape index (κ3) is 5.95. The van der Waals surface area contributed by atoms with E-state index in [1.54, 1.807) is 6.20 Å². The lowest BCUT2D eigenvalue weighted by Crippen LogP contribution is -2.36. The Balaban J connectivity index is 1.24. The van der Waals surface area contributed by atoms with Crippen molar-refractivity contribution in [3.63, 3.8) is 0 Å². The number of primary amides is 1. The fraction of sp³-hybridized carbons (Fsp3) is 0.357. The summed E-state index contributed by atoms with van der Waals surface area (Å²) in [5.41, 5.74) is 10.2. The molecule has 1 aromatic heterocycles. The zero-order valence-electron chi connectivity index (χ0n) is 20.5. The molecule has 3 heterocycles. The first-order valence-corrected chi connectivity index (χ1v) is 12.7. The minimum absolute atomic E-state index is 0.392. The number of pyridine rings is 1. The first-order chi connectivity index (χ1) is 17.7. The molecule has 8 nitrogen and oxygen atoms in total. The van der Waals surface area contributed by atoms with E-state index in [9.17, 15) is 4.79 Å². The summed E-state index contributed by atoms with van der Waals surface area (Å²) >= 11 is 0. The van der Waals surface area contributed by atoms with Crippen LogP contribution in [0.25, 0.3) is 0 Å². The number of nitrogens with zero attached hydrogens (tertiary/aromatic N) is 3. The molecule has 4 N–H and O–H groups in total. The van der Waals surface area contributed by atoms with Gasteiger partial charge in [0.15, 0.2) is 0 Å². The van der Waals surface area contributed by atoms with E-state index in [1.165, 1.54) is 17.7 Å². The quantitative estimate of drug-likeness (QED) is 0.423. The summed E-state index contributed by atoms with van der Waals surface area (Å²) in [6.45, 7) is 6.08. The normalized spacial score (nSPS) is 18.2. The van der Waals surface area contributed by atoms with E-state index < -0.39 is 5.91 Å². The largest absolute Gasteiger partial charge is 0.383 e. The Bertz CT molecular complexity index is 1150. The van der Waals surface area contributed by atoms with Crippen molar-refractivity contribution in [2.24, 2.45) is 5.73 Å². The molecule has 0 spiro atoms. The van der Waals surface area contributed by atoms with Gasteiger partial charge < -0.3 is 26.0 Å². The third-order valence-corrected chi connectivity index (χ3v) is 6.94. The summed E-state index contributed by atoms with van der Waals surface area (Å²) < 4.78 is 5.44. The average molecular weight is 487 g/mol. The number of carbonyl (C=O) groups excluding carboxylic acids is 1. The first kappa shape index (κ1) is 24.1. The van der Waals surface area contributed by atoms with Crippen molar-refractivity contribution >= 4 is 28.8 Å². The van der Waals surface area contributed by atoms with Crippen molar-refractivity contribution < 1.29 is 9.53 Å². The summed E-state index contributed by atoms with van der Waals surface area (Å²) in [7, 11) is 0. The fourth-order valence-electron chi connectivity index (χ4n) is 4.97. The van der Waals surface area contributed by atoms with Gasteiger partial charge in [-0.3, -0.25) is 9.69 Å². The number of aromatic nitrogens is 1. The van der Waals surface area contributed by atoms with Gasteiger partial charge >= 0.3 is 0 Å². The van der Waals surface area contributed by atoms with Crippen LogP contribution in [-0.4, -0.2) is 61.2 Å². The number of ether oxygens (including phenoxy) is 1. The van der Waals surface area contributed by atoms with Gasteiger partial charge in [0.1, 0.15) is 5.82 Å². The van der Waals surface area contributed by atoms with Crippen molar-refractivity contribution in [2.75, 3.05) is 54.9 Å². The van der Waals surface area contributed by atoms with Crippen LogP contribution in [0.1, 0.15) is 28.8 Å². The van der Waals surface area contributed by atoms with Crippen LogP contribution in [0, 0.1) is 0 Å². The number of morpholine rings is 1. The molecule has 2 fully saturated rings. The minimum atomic E-state index is -0.487. The lowest BCUT2D eigenvalue weighted by Gasteiger charge is -2.29. The number of hydrogen-bond acceptors (Lipinski definition) is 7. The smallest absolute Gasteiger partial charge is 0.252 e. The third-order valence-electron chi connectivity index (χ3n) is 6.94. The average Bonchev–Trinajstić information content (AvgIpc) is 3.35. The first-order valence-electron chi connectivity index (χ1n) is 12.7. The Morgan fingerprint density at radius 1 is 1.06 bits per heavy atom. The Morgan fingerprint density at radius 3 is 2.58 bits per heavy atom. The molecule has 188 valence electrons. The summed E-state index contributed by atoms with van der Waals surface area (Å²) in [6.07, 6.45) is 3.84. The number of likely N-dealkylation sites (tertiary alicyclic amines) is 1. The molecule has 2 aliphatic rings. The second-order valence-electron chi connectivity index (χ2n) is 9.38. The van der Waals surface area contributed by atoms with Gasteiger partial charge in [0.25, 0.3) is 5.91 Å². The maximum Gasteiger partial charge on any atom is 0.252 e. The molecule has 5 rings (SSSR count). The summed E-state index contributed by atoms with van der Waals surface area (Å²) in [5, 5.41) is 6.84. The highest BCUT2D eigenvalue weighted by Gasteiger charge is 2.25. The number of amides is 1.